The Hall–Kier alpha value is -1.74. The Morgan fingerprint density at radius 3 is 3.06 bits per heavy atom. The van der Waals surface area contributed by atoms with Gasteiger partial charge in [0, 0.05) is 31.2 Å². The summed E-state index contributed by atoms with van der Waals surface area (Å²) in [5, 5.41) is 4.46. The molecule has 2 rings (SSSR count). The zero-order chi connectivity index (χ0) is 12.1. The van der Waals surface area contributed by atoms with Crippen molar-refractivity contribution in [2.45, 2.75) is 6.54 Å². The molecule has 90 valence electrons. The molecule has 0 aliphatic heterocycles. The van der Waals surface area contributed by atoms with Gasteiger partial charge in [0.05, 0.1) is 12.6 Å². The van der Waals surface area contributed by atoms with Gasteiger partial charge in [-0.2, -0.15) is 0 Å². The maximum Gasteiger partial charge on any atom is 0.128 e. The fourth-order valence-electron chi connectivity index (χ4n) is 1.97. The molecule has 2 aromatic rings. The molecule has 0 radical (unpaired) electrons. The first kappa shape index (κ1) is 11.7. The third-order valence-corrected chi connectivity index (χ3v) is 2.81. The first-order valence-electron chi connectivity index (χ1n) is 5.80. The molecular formula is C14H18N2O. The molecule has 17 heavy (non-hydrogen) atoms. The second-order valence-corrected chi connectivity index (χ2v) is 3.90. The normalized spacial score (nSPS) is 10.6. The van der Waals surface area contributed by atoms with E-state index in [1.54, 1.807) is 7.11 Å². The van der Waals surface area contributed by atoms with Crippen LogP contribution in [0.15, 0.2) is 43.1 Å². The number of nitrogens with zero attached hydrogens (tertiary/aromatic N) is 1. The number of methoxy groups -OCH3 is 1. The van der Waals surface area contributed by atoms with Gasteiger partial charge in [0.1, 0.15) is 5.75 Å². The van der Waals surface area contributed by atoms with E-state index >= 15 is 0 Å². The Balaban J connectivity index is 2.15. The van der Waals surface area contributed by atoms with E-state index in [9.17, 15) is 0 Å². The zero-order valence-electron chi connectivity index (χ0n) is 10.1. The zero-order valence-corrected chi connectivity index (χ0v) is 10.1. The molecule has 1 N–H and O–H groups in total. The lowest BCUT2D eigenvalue weighted by molar-refractivity contribution is 0.420. The third-order valence-electron chi connectivity index (χ3n) is 2.81. The molecule has 0 saturated heterocycles. The quantitative estimate of drug-likeness (QED) is 0.609. The summed E-state index contributed by atoms with van der Waals surface area (Å²) in [7, 11) is 1.71. The number of nitrogens with one attached hydrogen (secondary N) is 1. The van der Waals surface area contributed by atoms with Gasteiger partial charge in [-0.05, 0) is 18.2 Å². The van der Waals surface area contributed by atoms with Gasteiger partial charge in [-0.15, -0.1) is 6.58 Å². The van der Waals surface area contributed by atoms with Gasteiger partial charge in [-0.25, -0.2) is 0 Å². The monoisotopic (exact) mass is 230 g/mol. The summed E-state index contributed by atoms with van der Waals surface area (Å²) in [6.45, 7) is 6.42. The summed E-state index contributed by atoms with van der Waals surface area (Å²) in [5.41, 5.74) is 1.21. The van der Waals surface area contributed by atoms with Crippen LogP contribution < -0.4 is 10.1 Å². The SMILES string of the molecule is C=CCNCCn1ccc2c(OC)cccc21. The smallest absolute Gasteiger partial charge is 0.128 e. The number of ether oxygens (including phenoxy) is 1. The van der Waals surface area contributed by atoms with E-state index < -0.39 is 0 Å². The van der Waals surface area contributed by atoms with Crippen LogP contribution in [0.5, 0.6) is 5.75 Å². The molecular weight excluding hydrogens is 212 g/mol. The van der Waals surface area contributed by atoms with Crippen LogP contribution in [0.3, 0.4) is 0 Å². The fourth-order valence-corrected chi connectivity index (χ4v) is 1.97. The number of benzene rings is 1. The maximum absolute atomic E-state index is 5.34. The summed E-state index contributed by atoms with van der Waals surface area (Å²) >= 11 is 0. The molecule has 1 aromatic heterocycles. The van der Waals surface area contributed by atoms with Crippen LogP contribution in [0.2, 0.25) is 0 Å². The Morgan fingerprint density at radius 1 is 1.41 bits per heavy atom. The largest absolute Gasteiger partial charge is 0.496 e. The topological polar surface area (TPSA) is 26.2 Å². The third kappa shape index (κ3) is 2.50. The minimum Gasteiger partial charge on any atom is -0.496 e. The second-order valence-electron chi connectivity index (χ2n) is 3.90. The van der Waals surface area contributed by atoms with E-state index in [2.05, 4.69) is 34.8 Å². The molecule has 0 fully saturated rings. The molecule has 0 aliphatic carbocycles. The van der Waals surface area contributed by atoms with Crippen molar-refractivity contribution in [3.05, 3.63) is 43.1 Å². The molecule has 0 atom stereocenters. The van der Waals surface area contributed by atoms with Crippen LogP contribution >= 0.6 is 0 Å². The number of hydrogen-bond donors (Lipinski definition) is 1. The highest BCUT2D eigenvalue weighted by Crippen LogP contribution is 2.25. The second kappa shape index (κ2) is 5.55. The highest BCUT2D eigenvalue weighted by Gasteiger charge is 2.04. The summed E-state index contributed by atoms with van der Waals surface area (Å²) in [5.74, 6) is 0.931. The summed E-state index contributed by atoms with van der Waals surface area (Å²) in [6.07, 6.45) is 3.97. The minimum absolute atomic E-state index is 0.850. The van der Waals surface area contributed by atoms with E-state index in [1.807, 2.05) is 18.2 Å². The molecule has 0 unspecified atom stereocenters. The van der Waals surface area contributed by atoms with Crippen molar-refractivity contribution in [2.24, 2.45) is 0 Å². The Morgan fingerprint density at radius 2 is 2.29 bits per heavy atom. The van der Waals surface area contributed by atoms with Crippen molar-refractivity contribution in [1.29, 1.82) is 0 Å². The van der Waals surface area contributed by atoms with Crippen LogP contribution in [0, 0.1) is 0 Å². The van der Waals surface area contributed by atoms with E-state index in [1.165, 1.54) is 10.9 Å². The lowest BCUT2D eigenvalue weighted by Gasteiger charge is -2.07. The Kier molecular flexibility index (Phi) is 3.83. The predicted octanol–water partition coefficient (Wildman–Crippen LogP) is 2.43. The first-order chi connectivity index (χ1) is 8.36. The maximum atomic E-state index is 5.34. The van der Waals surface area contributed by atoms with Crippen molar-refractivity contribution in [3.8, 4) is 5.75 Å². The van der Waals surface area contributed by atoms with Crippen molar-refractivity contribution in [3.63, 3.8) is 0 Å². The van der Waals surface area contributed by atoms with Crippen molar-refractivity contribution in [2.75, 3.05) is 20.2 Å². The minimum atomic E-state index is 0.850. The molecule has 0 spiro atoms. The van der Waals surface area contributed by atoms with Gasteiger partial charge in [-0.3, -0.25) is 0 Å². The van der Waals surface area contributed by atoms with Crippen LogP contribution in [-0.4, -0.2) is 24.8 Å². The molecule has 0 amide bonds. The van der Waals surface area contributed by atoms with Gasteiger partial charge in [0.2, 0.25) is 0 Å². The van der Waals surface area contributed by atoms with Gasteiger partial charge >= 0.3 is 0 Å². The fraction of sp³-hybridized carbons (Fsp3) is 0.286. The molecule has 0 saturated carbocycles. The van der Waals surface area contributed by atoms with Gasteiger partial charge in [-0.1, -0.05) is 12.1 Å². The molecule has 3 nitrogen and oxygen atoms in total. The van der Waals surface area contributed by atoms with Gasteiger partial charge in [0.15, 0.2) is 0 Å². The van der Waals surface area contributed by atoms with E-state index in [4.69, 9.17) is 4.74 Å². The van der Waals surface area contributed by atoms with Gasteiger partial charge in [0.25, 0.3) is 0 Å². The van der Waals surface area contributed by atoms with E-state index in [0.29, 0.717) is 0 Å². The van der Waals surface area contributed by atoms with Crippen LogP contribution in [0.25, 0.3) is 10.9 Å². The summed E-state index contributed by atoms with van der Waals surface area (Å²) in [4.78, 5) is 0. The van der Waals surface area contributed by atoms with E-state index in [-0.39, 0.29) is 0 Å². The molecule has 1 heterocycles. The Bertz CT molecular complexity index is 502. The average molecular weight is 230 g/mol. The lowest BCUT2D eigenvalue weighted by Crippen LogP contribution is -2.19. The van der Waals surface area contributed by atoms with Crippen LogP contribution in [0.1, 0.15) is 0 Å². The number of aromatic nitrogens is 1. The number of rotatable bonds is 6. The number of fused-ring (bicyclic) bond motifs is 1. The molecule has 1 aromatic carbocycles. The molecule has 0 aliphatic rings. The summed E-state index contributed by atoms with van der Waals surface area (Å²) in [6, 6.07) is 8.23. The van der Waals surface area contributed by atoms with Gasteiger partial charge < -0.3 is 14.6 Å². The summed E-state index contributed by atoms with van der Waals surface area (Å²) < 4.78 is 7.57. The van der Waals surface area contributed by atoms with Crippen molar-refractivity contribution >= 4 is 10.9 Å². The molecule has 0 bridgehead atoms. The highest BCUT2D eigenvalue weighted by molar-refractivity contribution is 5.86. The van der Waals surface area contributed by atoms with Crippen molar-refractivity contribution in [1.82, 2.24) is 9.88 Å². The van der Waals surface area contributed by atoms with E-state index in [0.717, 1.165) is 25.4 Å². The van der Waals surface area contributed by atoms with Crippen LogP contribution in [-0.2, 0) is 6.54 Å². The predicted molar refractivity (Wildman–Crippen MR) is 71.6 cm³/mol. The van der Waals surface area contributed by atoms with Crippen molar-refractivity contribution < 1.29 is 4.74 Å². The highest BCUT2D eigenvalue weighted by atomic mass is 16.5. The molecule has 3 heteroatoms. The Labute approximate surface area is 102 Å². The van der Waals surface area contributed by atoms with Crippen LogP contribution in [0.4, 0.5) is 0 Å². The first-order valence-corrected chi connectivity index (χ1v) is 5.80. The number of hydrogen-bond acceptors (Lipinski definition) is 2. The lowest BCUT2D eigenvalue weighted by atomic mass is 10.2. The standard InChI is InChI=1S/C14H18N2O/c1-3-8-15-9-11-16-10-7-12-13(16)5-4-6-14(12)17-2/h3-7,10,15H,1,8-9,11H2,2H3. The average Bonchev–Trinajstić information content (AvgIpc) is 2.78.